The zero-order valence-corrected chi connectivity index (χ0v) is 11.2. The standard InChI is InChI=1S/C13H9ClN4O2/c1-17(10-4-2-9(7-15)3-5-10)13-12(14)6-11(8-16-13)18(19)20/h2-6,8H,1H3. The van der Waals surface area contributed by atoms with Crippen molar-refractivity contribution in [1.29, 1.82) is 5.26 Å². The smallest absolute Gasteiger partial charge is 0.289 e. The Morgan fingerprint density at radius 1 is 1.40 bits per heavy atom. The molecule has 2 aromatic rings. The maximum Gasteiger partial charge on any atom is 0.289 e. The van der Waals surface area contributed by atoms with Gasteiger partial charge in [0, 0.05) is 18.8 Å². The number of halogens is 1. The number of anilines is 2. The molecule has 1 aromatic heterocycles. The molecule has 0 fully saturated rings. The van der Waals surface area contributed by atoms with Gasteiger partial charge in [0.1, 0.15) is 6.20 Å². The third kappa shape index (κ3) is 2.68. The number of benzene rings is 1. The highest BCUT2D eigenvalue weighted by Crippen LogP contribution is 2.30. The van der Waals surface area contributed by atoms with Crippen molar-refractivity contribution in [2.45, 2.75) is 0 Å². The maximum atomic E-state index is 10.6. The van der Waals surface area contributed by atoms with Gasteiger partial charge in [0.05, 0.1) is 21.6 Å². The highest BCUT2D eigenvalue weighted by atomic mass is 35.5. The van der Waals surface area contributed by atoms with Gasteiger partial charge >= 0.3 is 0 Å². The van der Waals surface area contributed by atoms with Crippen LogP contribution in [0.5, 0.6) is 0 Å². The Labute approximate surface area is 120 Å². The fourth-order valence-corrected chi connectivity index (χ4v) is 1.94. The van der Waals surface area contributed by atoms with Crippen molar-refractivity contribution in [2.75, 3.05) is 11.9 Å². The second kappa shape index (κ2) is 5.55. The maximum absolute atomic E-state index is 10.6. The lowest BCUT2D eigenvalue weighted by atomic mass is 10.2. The Bertz CT molecular complexity index is 695. The van der Waals surface area contributed by atoms with Crippen LogP contribution in [0.3, 0.4) is 0 Å². The van der Waals surface area contributed by atoms with E-state index in [0.29, 0.717) is 11.4 Å². The van der Waals surface area contributed by atoms with Crippen LogP contribution in [0.4, 0.5) is 17.2 Å². The first-order chi connectivity index (χ1) is 9.52. The van der Waals surface area contributed by atoms with Gasteiger partial charge in [0.2, 0.25) is 0 Å². The molecule has 0 amide bonds. The van der Waals surface area contributed by atoms with E-state index < -0.39 is 4.92 Å². The lowest BCUT2D eigenvalue weighted by molar-refractivity contribution is -0.385. The molecule has 1 heterocycles. The van der Waals surface area contributed by atoms with E-state index in [0.717, 1.165) is 11.9 Å². The number of aromatic nitrogens is 1. The Morgan fingerprint density at radius 3 is 2.55 bits per heavy atom. The summed E-state index contributed by atoms with van der Waals surface area (Å²) in [5.41, 5.74) is 1.16. The number of nitriles is 1. The zero-order valence-electron chi connectivity index (χ0n) is 10.4. The molecule has 0 spiro atoms. The van der Waals surface area contributed by atoms with E-state index in [1.165, 1.54) is 6.07 Å². The highest BCUT2D eigenvalue weighted by Gasteiger charge is 2.14. The van der Waals surface area contributed by atoms with Crippen LogP contribution >= 0.6 is 11.6 Å². The zero-order chi connectivity index (χ0) is 14.7. The minimum absolute atomic E-state index is 0.160. The van der Waals surface area contributed by atoms with E-state index in [1.54, 1.807) is 36.2 Å². The Hall–Kier alpha value is -2.65. The van der Waals surface area contributed by atoms with Crippen molar-refractivity contribution in [3.63, 3.8) is 0 Å². The van der Waals surface area contributed by atoms with E-state index in [1.807, 2.05) is 6.07 Å². The largest absolute Gasteiger partial charge is 0.328 e. The van der Waals surface area contributed by atoms with Gasteiger partial charge in [0.15, 0.2) is 5.82 Å². The first-order valence-corrected chi connectivity index (χ1v) is 5.94. The Morgan fingerprint density at radius 2 is 2.05 bits per heavy atom. The third-order valence-electron chi connectivity index (χ3n) is 2.72. The van der Waals surface area contributed by atoms with E-state index in [9.17, 15) is 10.1 Å². The van der Waals surface area contributed by atoms with Gasteiger partial charge in [-0.1, -0.05) is 11.6 Å². The second-order valence-electron chi connectivity index (χ2n) is 3.97. The predicted molar refractivity (Wildman–Crippen MR) is 75.1 cm³/mol. The van der Waals surface area contributed by atoms with Gasteiger partial charge in [-0.15, -0.1) is 0 Å². The first-order valence-electron chi connectivity index (χ1n) is 5.56. The summed E-state index contributed by atoms with van der Waals surface area (Å²) >= 11 is 6.02. The van der Waals surface area contributed by atoms with Crippen LogP contribution in [0.1, 0.15) is 5.56 Å². The van der Waals surface area contributed by atoms with E-state index in [4.69, 9.17) is 16.9 Å². The number of rotatable bonds is 3. The molecule has 0 radical (unpaired) electrons. The van der Waals surface area contributed by atoms with Crippen molar-refractivity contribution >= 4 is 28.8 Å². The molecule has 0 unspecified atom stereocenters. The van der Waals surface area contributed by atoms with Crippen molar-refractivity contribution in [2.24, 2.45) is 0 Å². The van der Waals surface area contributed by atoms with Gasteiger partial charge in [0.25, 0.3) is 5.69 Å². The topological polar surface area (TPSA) is 83.1 Å². The van der Waals surface area contributed by atoms with Crippen molar-refractivity contribution in [3.8, 4) is 6.07 Å². The number of nitro groups is 1. The molecule has 0 saturated heterocycles. The van der Waals surface area contributed by atoms with Gasteiger partial charge in [-0.3, -0.25) is 10.1 Å². The summed E-state index contributed by atoms with van der Waals surface area (Å²) in [7, 11) is 1.74. The molecule has 0 bridgehead atoms. The summed E-state index contributed by atoms with van der Waals surface area (Å²) in [5, 5.41) is 19.6. The average Bonchev–Trinajstić information content (AvgIpc) is 2.46. The molecule has 2 rings (SSSR count). The molecule has 0 aliphatic rings. The molecular formula is C13H9ClN4O2. The number of nitrogens with zero attached hydrogens (tertiary/aromatic N) is 4. The fraction of sp³-hybridized carbons (Fsp3) is 0.0769. The third-order valence-corrected chi connectivity index (χ3v) is 3.00. The van der Waals surface area contributed by atoms with E-state index in [2.05, 4.69) is 4.98 Å². The molecular weight excluding hydrogens is 280 g/mol. The lowest BCUT2D eigenvalue weighted by Crippen LogP contribution is -2.11. The van der Waals surface area contributed by atoms with Crippen molar-refractivity contribution < 1.29 is 4.92 Å². The van der Waals surface area contributed by atoms with Gasteiger partial charge < -0.3 is 4.90 Å². The molecule has 1 aromatic carbocycles. The summed E-state index contributed by atoms with van der Waals surface area (Å²) in [4.78, 5) is 15.8. The molecule has 20 heavy (non-hydrogen) atoms. The second-order valence-corrected chi connectivity index (χ2v) is 4.38. The predicted octanol–water partition coefficient (Wildman–Crippen LogP) is 3.28. The lowest BCUT2D eigenvalue weighted by Gasteiger charge is -2.19. The molecule has 7 heteroatoms. The van der Waals surface area contributed by atoms with Crippen LogP contribution in [-0.2, 0) is 0 Å². The minimum Gasteiger partial charge on any atom is -0.328 e. The molecule has 100 valence electrons. The Kier molecular flexibility index (Phi) is 3.82. The number of hydrogen-bond donors (Lipinski definition) is 0. The summed E-state index contributed by atoms with van der Waals surface area (Å²) in [6.07, 6.45) is 1.15. The van der Waals surface area contributed by atoms with Crippen LogP contribution in [-0.4, -0.2) is 17.0 Å². The average molecular weight is 289 g/mol. The quantitative estimate of drug-likeness (QED) is 0.639. The monoisotopic (exact) mass is 288 g/mol. The molecule has 0 aliphatic heterocycles. The van der Waals surface area contributed by atoms with Gasteiger partial charge in [-0.25, -0.2) is 4.98 Å². The molecule has 0 N–H and O–H groups in total. The first kappa shape index (κ1) is 13.8. The summed E-state index contributed by atoms with van der Waals surface area (Å²) < 4.78 is 0. The fourth-order valence-electron chi connectivity index (χ4n) is 1.65. The van der Waals surface area contributed by atoms with Crippen LogP contribution in [0.15, 0.2) is 36.5 Å². The van der Waals surface area contributed by atoms with Crippen molar-refractivity contribution in [3.05, 3.63) is 57.2 Å². The number of hydrogen-bond acceptors (Lipinski definition) is 5. The van der Waals surface area contributed by atoms with Crippen LogP contribution in [0, 0.1) is 21.4 Å². The molecule has 0 atom stereocenters. The van der Waals surface area contributed by atoms with Crippen molar-refractivity contribution in [1.82, 2.24) is 4.98 Å². The Balaban J connectivity index is 2.35. The van der Waals surface area contributed by atoms with Crippen LogP contribution in [0.25, 0.3) is 0 Å². The summed E-state index contributed by atoms with van der Waals surface area (Å²) in [5.74, 6) is 0.405. The van der Waals surface area contributed by atoms with Gasteiger partial charge in [-0.2, -0.15) is 5.26 Å². The molecule has 0 saturated carbocycles. The van der Waals surface area contributed by atoms with E-state index in [-0.39, 0.29) is 10.7 Å². The van der Waals surface area contributed by atoms with Gasteiger partial charge in [-0.05, 0) is 24.3 Å². The SMILES string of the molecule is CN(c1ccc(C#N)cc1)c1ncc([N+](=O)[O-])cc1Cl. The summed E-state index contributed by atoms with van der Waals surface area (Å²) in [6.45, 7) is 0. The summed E-state index contributed by atoms with van der Waals surface area (Å²) in [6, 6.07) is 10.1. The normalized spacial score (nSPS) is 9.85. The highest BCUT2D eigenvalue weighted by molar-refractivity contribution is 6.33. The van der Waals surface area contributed by atoms with E-state index >= 15 is 0 Å². The number of pyridine rings is 1. The minimum atomic E-state index is -0.551. The van der Waals surface area contributed by atoms with Crippen LogP contribution < -0.4 is 4.90 Å². The molecule has 6 nitrogen and oxygen atoms in total. The molecule has 0 aliphatic carbocycles. The van der Waals surface area contributed by atoms with Crippen LogP contribution in [0.2, 0.25) is 5.02 Å².